The summed E-state index contributed by atoms with van der Waals surface area (Å²) in [6.45, 7) is 9.62. The van der Waals surface area contributed by atoms with Crippen LogP contribution in [0.25, 0.3) is 0 Å². The highest BCUT2D eigenvalue weighted by Gasteiger charge is 2.06. The van der Waals surface area contributed by atoms with Gasteiger partial charge in [0, 0.05) is 38.4 Å². The maximum atomic E-state index is 3.46. The van der Waals surface area contributed by atoms with Gasteiger partial charge in [0.05, 0.1) is 0 Å². The van der Waals surface area contributed by atoms with Gasteiger partial charge in [0.1, 0.15) is 0 Å². The van der Waals surface area contributed by atoms with E-state index < -0.39 is 0 Å². The lowest BCUT2D eigenvalue weighted by molar-refractivity contribution is 0.416. The summed E-state index contributed by atoms with van der Waals surface area (Å²) in [6, 6.07) is 7.28. The van der Waals surface area contributed by atoms with Gasteiger partial charge in [0.2, 0.25) is 0 Å². The molecule has 0 spiro atoms. The number of hydrogen-bond acceptors (Lipinski definition) is 3. The Morgan fingerprint density at radius 1 is 1.11 bits per heavy atom. The second-order valence-electron chi connectivity index (χ2n) is 5.88. The van der Waals surface area contributed by atoms with Crippen molar-refractivity contribution in [2.24, 2.45) is 0 Å². The molecule has 3 heteroatoms. The molecule has 1 aromatic rings. The molecule has 1 rings (SSSR count). The van der Waals surface area contributed by atoms with Crippen LogP contribution in [0.5, 0.6) is 0 Å². The van der Waals surface area contributed by atoms with Crippen LogP contribution in [0.3, 0.4) is 0 Å². The van der Waals surface area contributed by atoms with E-state index in [1.807, 2.05) is 0 Å². The van der Waals surface area contributed by atoms with Crippen LogP contribution < -0.4 is 10.2 Å². The van der Waals surface area contributed by atoms with E-state index in [1.54, 1.807) is 0 Å². The largest absolute Gasteiger partial charge is 0.373 e. The summed E-state index contributed by atoms with van der Waals surface area (Å²) < 4.78 is 0. The van der Waals surface area contributed by atoms with Crippen LogP contribution in [0.1, 0.15) is 25.0 Å². The summed E-state index contributed by atoms with van der Waals surface area (Å²) in [5, 5.41) is 3.46. The third kappa shape index (κ3) is 5.62. The van der Waals surface area contributed by atoms with E-state index in [-0.39, 0.29) is 0 Å². The standard InChI is InChI=1S/C16H29N3/c1-13(2)17-12-15-7-8-16(14(3)11-15)19(6)10-9-18(4)5/h7-8,11,13,17H,9-10,12H2,1-6H3. The zero-order chi connectivity index (χ0) is 14.4. The van der Waals surface area contributed by atoms with Gasteiger partial charge in [-0.05, 0) is 38.2 Å². The molecule has 0 bridgehead atoms. The number of nitrogens with zero attached hydrogens (tertiary/aromatic N) is 2. The monoisotopic (exact) mass is 263 g/mol. The van der Waals surface area contributed by atoms with Crippen molar-refractivity contribution in [1.29, 1.82) is 0 Å². The van der Waals surface area contributed by atoms with E-state index in [9.17, 15) is 0 Å². The average molecular weight is 263 g/mol. The Kier molecular flexibility index (Phi) is 6.32. The Morgan fingerprint density at radius 3 is 2.32 bits per heavy atom. The number of rotatable bonds is 7. The first-order valence-electron chi connectivity index (χ1n) is 7.09. The minimum atomic E-state index is 0.530. The van der Waals surface area contributed by atoms with E-state index in [1.165, 1.54) is 16.8 Å². The molecular weight excluding hydrogens is 234 g/mol. The summed E-state index contributed by atoms with van der Waals surface area (Å²) in [7, 11) is 6.39. The first-order chi connectivity index (χ1) is 8.90. The molecule has 0 unspecified atom stereocenters. The van der Waals surface area contributed by atoms with Gasteiger partial charge in [-0.15, -0.1) is 0 Å². The SMILES string of the molecule is Cc1cc(CNC(C)C)ccc1N(C)CCN(C)C. The van der Waals surface area contributed by atoms with Gasteiger partial charge in [-0.1, -0.05) is 26.0 Å². The fourth-order valence-electron chi connectivity index (χ4n) is 2.05. The van der Waals surface area contributed by atoms with Crippen molar-refractivity contribution in [3.05, 3.63) is 29.3 Å². The van der Waals surface area contributed by atoms with Crippen LogP contribution in [0, 0.1) is 6.92 Å². The van der Waals surface area contributed by atoms with Crippen LogP contribution in [0.4, 0.5) is 5.69 Å². The minimum absolute atomic E-state index is 0.530. The molecule has 19 heavy (non-hydrogen) atoms. The maximum Gasteiger partial charge on any atom is 0.0393 e. The molecule has 0 saturated carbocycles. The van der Waals surface area contributed by atoms with Crippen molar-refractivity contribution in [2.45, 2.75) is 33.4 Å². The fraction of sp³-hybridized carbons (Fsp3) is 0.625. The van der Waals surface area contributed by atoms with Crippen molar-refractivity contribution >= 4 is 5.69 Å². The second kappa shape index (κ2) is 7.51. The number of benzene rings is 1. The van der Waals surface area contributed by atoms with Gasteiger partial charge >= 0.3 is 0 Å². The molecule has 0 aliphatic heterocycles. The van der Waals surface area contributed by atoms with Gasteiger partial charge in [0.25, 0.3) is 0 Å². The topological polar surface area (TPSA) is 18.5 Å². The molecule has 0 fully saturated rings. The molecule has 0 saturated heterocycles. The second-order valence-corrected chi connectivity index (χ2v) is 5.88. The molecule has 0 radical (unpaired) electrons. The Balaban J connectivity index is 2.65. The molecule has 108 valence electrons. The Labute approximate surface area is 118 Å². The van der Waals surface area contributed by atoms with Crippen molar-refractivity contribution < 1.29 is 0 Å². The molecule has 0 atom stereocenters. The number of nitrogens with one attached hydrogen (secondary N) is 1. The average Bonchev–Trinajstić information content (AvgIpc) is 2.33. The summed E-state index contributed by atoms with van der Waals surface area (Å²) in [5.41, 5.74) is 4.04. The smallest absolute Gasteiger partial charge is 0.0393 e. The van der Waals surface area contributed by atoms with Gasteiger partial charge in [-0.25, -0.2) is 0 Å². The lowest BCUT2D eigenvalue weighted by atomic mass is 10.1. The van der Waals surface area contributed by atoms with Crippen LogP contribution in [-0.4, -0.2) is 45.2 Å². The first-order valence-corrected chi connectivity index (χ1v) is 7.09. The predicted molar refractivity (Wildman–Crippen MR) is 85.0 cm³/mol. The van der Waals surface area contributed by atoms with E-state index in [0.717, 1.165) is 19.6 Å². The van der Waals surface area contributed by atoms with E-state index in [0.29, 0.717) is 6.04 Å². The van der Waals surface area contributed by atoms with Crippen LogP contribution >= 0.6 is 0 Å². The zero-order valence-electron chi connectivity index (χ0n) is 13.3. The summed E-state index contributed by atoms with van der Waals surface area (Å²) in [6.07, 6.45) is 0. The lowest BCUT2D eigenvalue weighted by Gasteiger charge is -2.24. The number of anilines is 1. The maximum absolute atomic E-state index is 3.46. The normalized spacial score (nSPS) is 11.4. The van der Waals surface area contributed by atoms with Crippen LogP contribution in [0.2, 0.25) is 0 Å². The molecule has 0 aliphatic rings. The molecule has 1 N–H and O–H groups in total. The Morgan fingerprint density at radius 2 is 1.79 bits per heavy atom. The molecule has 1 aromatic carbocycles. The minimum Gasteiger partial charge on any atom is -0.373 e. The fourth-order valence-corrected chi connectivity index (χ4v) is 2.05. The zero-order valence-corrected chi connectivity index (χ0v) is 13.3. The lowest BCUT2D eigenvalue weighted by Crippen LogP contribution is -2.29. The Hall–Kier alpha value is -1.06. The summed E-state index contributed by atoms with van der Waals surface area (Å²) in [5.74, 6) is 0. The van der Waals surface area contributed by atoms with Gasteiger partial charge in [0.15, 0.2) is 0 Å². The van der Waals surface area contributed by atoms with Crippen LogP contribution in [0.15, 0.2) is 18.2 Å². The molecule has 0 aromatic heterocycles. The van der Waals surface area contributed by atoms with Gasteiger partial charge < -0.3 is 15.1 Å². The third-order valence-electron chi connectivity index (χ3n) is 3.27. The molecule has 3 nitrogen and oxygen atoms in total. The third-order valence-corrected chi connectivity index (χ3v) is 3.27. The van der Waals surface area contributed by atoms with E-state index in [2.05, 4.69) is 75.2 Å². The van der Waals surface area contributed by atoms with E-state index in [4.69, 9.17) is 0 Å². The van der Waals surface area contributed by atoms with Crippen molar-refractivity contribution in [3.8, 4) is 0 Å². The van der Waals surface area contributed by atoms with Gasteiger partial charge in [-0.2, -0.15) is 0 Å². The van der Waals surface area contributed by atoms with Gasteiger partial charge in [-0.3, -0.25) is 0 Å². The highest BCUT2D eigenvalue weighted by molar-refractivity contribution is 5.53. The Bertz CT molecular complexity index is 386. The van der Waals surface area contributed by atoms with Crippen LogP contribution in [-0.2, 0) is 6.54 Å². The number of likely N-dealkylation sites (N-methyl/N-ethyl adjacent to an activating group) is 2. The first kappa shape index (κ1) is 16.0. The van der Waals surface area contributed by atoms with E-state index >= 15 is 0 Å². The molecule has 0 amide bonds. The molecule has 0 aliphatic carbocycles. The van der Waals surface area contributed by atoms with Crippen molar-refractivity contribution in [2.75, 3.05) is 39.1 Å². The quantitative estimate of drug-likeness (QED) is 0.815. The highest BCUT2D eigenvalue weighted by Crippen LogP contribution is 2.20. The number of aryl methyl sites for hydroxylation is 1. The molecular formula is C16H29N3. The predicted octanol–water partition coefficient (Wildman–Crippen LogP) is 2.49. The highest BCUT2D eigenvalue weighted by atomic mass is 15.2. The van der Waals surface area contributed by atoms with Crippen molar-refractivity contribution in [3.63, 3.8) is 0 Å². The van der Waals surface area contributed by atoms with Crippen molar-refractivity contribution in [1.82, 2.24) is 10.2 Å². The summed E-state index contributed by atoms with van der Waals surface area (Å²) in [4.78, 5) is 4.54. The molecule has 0 heterocycles. The summed E-state index contributed by atoms with van der Waals surface area (Å²) >= 11 is 0. The number of hydrogen-bond donors (Lipinski definition) is 1.